The fourth-order valence-corrected chi connectivity index (χ4v) is 7.41. The van der Waals surface area contributed by atoms with Crippen LogP contribution in [0.5, 0.6) is 0 Å². The smallest absolute Gasteiger partial charge is 0.243 e. The topological polar surface area (TPSA) is 104 Å². The first-order chi connectivity index (χ1) is 15.7. The van der Waals surface area contributed by atoms with E-state index in [9.17, 15) is 18.0 Å². The van der Waals surface area contributed by atoms with Gasteiger partial charge in [0, 0.05) is 30.7 Å². The van der Waals surface area contributed by atoms with Crippen molar-refractivity contribution in [2.75, 3.05) is 31.1 Å². The molecule has 33 heavy (non-hydrogen) atoms. The zero-order valence-corrected chi connectivity index (χ0v) is 20.1. The third-order valence-corrected chi connectivity index (χ3v) is 9.93. The quantitative estimate of drug-likeness (QED) is 0.702. The van der Waals surface area contributed by atoms with E-state index in [-0.39, 0.29) is 41.8 Å². The van der Waals surface area contributed by atoms with Crippen molar-refractivity contribution in [2.45, 2.75) is 74.8 Å². The summed E-state index contributed by atoms with van der Waals surface area (Å²) in [6.45, 7) is 4.26. The monoisotopic (exact) mass is 474 g/mol. The van der Waals surface area contributed by atoms with Crippen LogP contribution in [0.15, 0.2) is 23.1 Å². The number of piperidine rings is 2. The summed E-state index contributed by atoms with van der Waals surface area (Å²) in [6, 6.07) is 5.20. The van der Waals surface area contributed by atoms with Crippen LogP contribution in [0, 0.1) is 5.92 Å². The zero-order chi connectivity index (χ0) is 23.4. The van der Waals surface area contributed by atoms with Gasteiger partial charge in [0.05, 0.1) is 4.90 Å². The van der Waals surface area contributed by atoms with Crippen LogP contribution in [0.3, 0.4) is 0 Å². The standard InChI is InChI=1S/C24H34N4O4S/c1-17-15-19-16-20(7-8-21(19)28(17)22(29)18-5-6-18)33(31,32)27-13-9-24(10-14-27,23(25)30)26-11-3-2-4-12-26/h7-8,16-18H,2-6,9-15H2,1H3,(H2,25,30). The lowest BCUT2D eigenvalue weighted by atomic mass is 9.84. The number of nitrogens with zero attached hydrogens (tertiary/aromatic N) is 3. The molecule has 1 atom stereocenters. The van der Waals surface area contributed by atoms with Crippen LogP contribution < -0.4 is 10.6 Å². The molecule has 4 aliphatic rings. The molecule has 9 heteroatoms. The highest BCUT2D eigenvalue weighted by molar-refractivity contribution is 7.89. The predicted molar refractivity (Wildman–Crippen MR) is 125 cm³/mol. The van der Waals surface area contributed by atoms with Gasteiger partial charge in [-0.15, -0.1) is 0 Å². The minimum Gasteiger partial charge on any atom is -0.368 e. The second-order valence-electron chi connectivity index (χ2n) is 10.2. The normalized spacial score (nSPS) is 26.2. The Balaban J connectivity index is 1.34. The lowest BCUT2D eigenvalue weighted by Crippen LogP contribution is -2.63. The van der Waals surface area contributed by atoms with Crippen molar-refractivity contribution in [1.82, 2.24) is 9.21 Å². The van der Waals surface area contributed by atoms with E-state index in [0.29, 0.717) is 19.3 Å². The molecule has 1 aromatic carbocycles. The number of fused-ring (bicyclic) bond motifs is 1. The summed E-state index contributed by atoms with van der Waals surface area (Å²) in [5.74, 6) is -0.0534. The Morgan fingerprint density at radius 2 is 1.70 bits per heavy atom. The van der Waals surface area contributed by atoms with Crippen LogP contribution in [0.25, 0.3) is 0 Å². The highest BCUT2D eigenvalue weighted by Gasteiger charge is 2.47. The van der Waals surface area contributed by atoms with E-state index in [1.165, 1.54) is 4.31 Å². The number of rotatable bonds is 5. The number of sulfonamides is 1. The Morgan fingerprint density at radius 3 is 2.30 bits per heavy atom. The molecule has 1 aliphatic carbocycles. The first kappa shape index (κ1) is 22.8. The van der Waals surface area contributed by atoms with Crippen molar-refractivity contribution in [3.8, 4) is 0 Å². The molecule has 0 aromatic heterocycles. The molecular weight excluding hydrogens is 440 g/mol. The van der Waals surface area contributed by atoms with Crippen molar-refractivity contribution in [2.24, 2.45) is 11.7 Å². The fraction of sp³-hybridized carbons (Fsp3) is 0.667. The van der Waals surface area contributed by atoms with Crippen LogP contribution in [-0.2, 0) is 26.0 Å². The number of hydrogen-bond acceptors (Lipinski definition) is 5. The molecule has 0 spiro atoms. The number of carbonyl (C=O) groups is 2. The van der Waals surface area contributed by atoms with Crippen LogP contribution in [0.1, 0.15) is 57.4 Å². The molecule has 0 radical (unpaired) electrons. The van der Waals surface area contributed by atoms with Crippen molar-refractivity contribution in [3.05, 3.63) is 23.8 Å². The Hall–Kier alpha value is -1.97. The van der Waals surface area contributed by atoms with Gasteiger partial charge in [0.15, 0.2) is 0 Å². The molecule has 3 fully saturated rings. The molecule has 1 unspecified atom stereocenters. The maximum atomic E-state index is 13.5. The molecule has 0 bridgehead atoms. The summed E-state index contributed by atoms with van der Waals surface area (Å²) in [5, 5.41) is 0. The largest absolute Gasteiger partial charge is 0.368 e. The number of anilines is 1. The van der Waals surface area contributed by atoms with E-state index < -0.39 is 15.6 Å². The van der Waals surface area contributed by atoms with Crippen LogP contribution >= 0.6 is 0 Å². The molecule has 2 saturated heterocycles. The van der Waals surface area contributed by atoms with Gasteiger partial charge in [0.1, 0.15) is 5.54 Å². The number of carbonyl (C=O) groups excluding carboxylic acids is 2. The average Bonchev–Trinajstić information content (AvgIpc) is 3.61. The van der Waals surface area contributed by atoms with Crippen molar-refractivity contribution in [1.29, 1.82) is 0 Å². The Morgan fingerprint density at radius 1 is 1.03 bits per heavy atom. The second kappa shape index (κ2) is 8.36. The molecular formula is C24H34N4O4S. The summed E-state index contributed by atoms with van der Waals surface area (Å²) in [4.78, 5) is 29.5. The van der Waals surface area contributed by atoms with Gasteiger partial charge in [-0.2, -0.15) is 4.31 Å². The fourth-order valence-electron chi connectivity index (χ4n) is 5.92. The predicted octanol–water partition coefficient (Wildman–Crippen LogP) is 1.87. The highest BCUT2D eigenvalue weighted by Crippen LogP contribution is 2.40. The molecule has 3 aliphatic heterocycles. The molecule has 1 aromatic rings. The Labute approximate surface area is 196 Å². The van der Waals surface area contributed by atoms with Gasteiger partial charge in [-0.1, -0.05) is 6.42 Å². The highest BCUT2D eigenvalue weighted by atomic mass is 32.2. The third kappa shape index (κ3) is 3.88. The molecule has 3 heterocycles. The molecule has 2 N–H and O–H groups in total. The van der Waals surface area contributed by atoms with Gasteiger partial charge < -0.3 is 10.6 Å². The maximum Gasteiger partial charge on any atom is 0.243 e. The van der Waals surface area contributed by atoms with Crippen LogP contribution in [0.2, 0.25) is 0 Å². The van der Waals surface area contributed by atoms with Gasteiger partial charge in [0.25, 0.3) is 0 Å². The van der Waals surface area contributed by atoms with Gasteiger partial charge >= 0.3 is 0 Å². The van der Waals surface area contributed by atoms with E-state index in [2.05, 4.69) is 4.90 Å². The van der Waals surface area contributed by atoms with Crippen molar-refractivity contribution < 1.29 is 18.0 Å². The number of amides is 2. The molecule has 1 saturated carbocycles. The minimum absolute atomic E-state index is 0.0433. The number of nitrogens with two attached hydrogens (primary N) is 1. The first-order valence-electron chi connectivity index (χ1n) is 12.3. The van der Waals surface area contributed by atoms with Gasteiger partial charge in [-0.3, -0.25) is 14.5 Å². The van der Waals surface area contributed by atoms with E-state index in [1.54, 1.807) is 18.2 Å². The Kier molecular flexibility index (Phi) is 5.77. The minimum atomic E-state index is -3.69. The average molecular weight is 475 g/mol. The van der Waals surface area contributed by atoms with Crippen LogP contribution in [0.4, 0.5) is 5.69 Å². The second-order valence-corrected chi connectivity index (χ2v) is 12.1. The van der Waals surface area contributed by atoms with E-state index in [4.69, 9.17) is 5.73 Å². The summed E-state index contributed by atoms with van der Waals surface area (Å²) in [7, 11) is -3.69. The van der Waals surface area contributed by atoms with E-state index in [1.807, 2.05) is 11.8 Å². The lowest BCUT2D eigenvalue weighted by molar-refractivity contribution is -0.134. The third-order valence-electron chi connectivity index (χ3n) is 8.04. The zero-order valence-electron chi connectivity index (χ0n) is 19.3. The van der Waals surface area contributed by atoms with Gasteiger partial charge in [0.2, 0.25) is 21.8 Å². The van der Waals surface area contributed by atoms with E-state index in [0.717, 1.165) is 56.4 Å². The summed E-state index contributed by atoms with van der Waals surface area (Å²) < 4.78 is 28.4. The molecule has 2 amide bonds. The van der Waals surface area contributed by atoms with Gasteiger partial charge in [-0.05, 0) is 88.7 Å². The van der Waals surface area contributed by atoms with Crippen LogP contribution in [-0.4, -0.2) is 67.2 Å². The van der Waals surface area contributed by atoms with Crippen molar-refractivity contribution >= 4 is 27.5 Å². The number of likely N-dealkylation sites (tertiary alicyclic amines) is 1. The number of benzene rings is 1. The Bertz CT molecular complexity index is 1050. The van der Waals surface area contributed by atoms with Gasteiger partial charge in [-0.25, -0.2) is 8.42 Å². The summed E-state index contributed by atoms with van der Waals surface area (Å²) >= 11 is 0. The molecule has 8 nitrogen and oxygen atoms in total. The van der Waals surface area contributed by atoms with E-state index >= 15 is 0 Å². The SMILES string of the molecule is CC1Cc2cc(S(=O)(=O)N3CCC(C(N)=O)(N4CCCCC4)CC3)ccc2N1C(=O)C1CC1. The maximum absolute atomic E-state index is 13.5. The molecule has 180 valence electrons. The number of hydrogen-bond donors (Lipinski definition) is 1. The van der Waals surface area contributed by atoms with Crippen molar-refractivity contribution in [3.63, 3.8) is 0 Å². The lowest BCUT2D eigenvalue weighted by Gasteiger charge is -2.47. The summed E-state index contributed by atoms with van der Waals surface area (Å²) in [5.41, 5.74) is 6.86. The summed E-state index contributed by atoms with van der Waals surface area (Å²) in [6.07, 6.45) is 6.66. The number of primary amides is 1. The first-order valence-corrected chi connectivity index (χ1v) is 13.7. The molecule has 5 rings (SSSR count).